The van der Waals surface area contributed by atoms with Crippen LogP contribution in [0.4, 0.5) is 0 Å². The molecule has 0 saturated heterocycles. The zero-order valence-corrected chi connectivity index (χ0v) is 11.8. The summed E-state index contributed by atoms with van der Waals surface area (Å²) in [6.07, 6.45) is 1.26. The van der Waals surface area contributed by atoms with Gasteiger partial charge in [-0.15, -0.1) is 0 Å². The summed E-state index contributed by atoms with van der Waals surface area (Å²) in [5.74, 6) is -1.38. The summed E-state index contributed by atoms with van der Waals surface area (Å²) in [4.78, 5) is 20.0. The fourth-order valence-corrected chi connectivity index (χ4v) is 1.42. The Morgan fingerprint density at radius 3 is 1.59 bits per heavy atom. The summed E-state index contributed by atoms with van der Waals surface area (Å²) >= 11 is 0. The van der Waals surface area contributed by atoms with Crippen molar-refractivity contribution in [3.63, 3.8) is 0 Å². The fourth-order valence-electron chi connectivity index (χ4n) is 1.42. The molecule has 0 aliphatic carbocycles. The van der Waals surface area contributed by atoms with Gasteiger partial charge < -0.3 is 10.2 Å². The lowest BCUT2D eigenvalue weighted by Crippen LogP contribution is -2.13. The van der Waals surface area contributed by atoms with Crippen molar-refractivity contribution in [1.29, 1.82) is 0 Å². The molecule has 0 spiro atoms. The molecule has 0 bridgehead atoms. The molecule has 0 aliphatic heterocycles. The third kappa shape index (κ3) is 17.5. The van der Waals surface area contributed by atoms with E-state index in [9.17, 15) is 9.59 Å². The van der Waals surface area contributed by atoms with Gasteiger partial charge in [-0.3, -0.25) is 9.59 Å². The average molecular weight is 246 g/mol. The van der Waals surface area contributed by atoms with Crippen LogP contribution in [0.5, 0.6) is 0 Å². The minimum atomic E-state index is -0.741. The average Bonchev–Trinajstić information content (AvgIpc) is 1.98. The predicted molar refractivity (Wildman–Crippen MR) is 68.0 cm³/mol. The summed E-state index contributed by atoms with van der Waals surface area (Å²) in [5, 5.41) is 16.5. The van der Waals surface area contributed by atoms with E-state index in [1.54, 1.807) is 13.8 Å². The molecular weight excluding hydrogens is 220 g/mol. The highest BCUT2D eigenvalue weighted by Crippen LogP contribution is 2.25. The van der Waals surface area contributed by atoms with E-state index in [1.807, 2.05) is 6.92 Å². The molecule has 102 valence electrons. The van der Waals surface area contributed by atoms with Crippen LogP contribution >= 0.6 is 0 Å². The van der Waals surface area contributed by atoms with E-state index in [-0.39, 0.29) is 23.7 Å². The van der Waals surface area contributed by atoms with Gasteiger partial charge in [0.05, 0.1) is 5.92 Å². The normalized spacial score (nSPS) is 12.6. The minimum Gasteiger partial charge on any atom is -0.481 e. The molecule has 1 atom stereocenters. The Morgan fingerprint density at radius 1 is 1.06 bits per heavy atom. The first-order valence-corrected chi connectivity index (χ1v) is 5.90. The molecule has 0 fully saturated rings. The molecule has 0 saturated carbocycles. The lowest BCUT2D eigenvalue weighted by atomic mass is 9.84. The molecule has 4 heteroatoms. The third-order valence-electron chi connectivity index (χ3n) is 1.98. The van der Waals surface area contributed by atoms with Gasteiger partial charge in [0.2, 0.25) is 0 Å². The number of carboxylic acid groups (broad SMARTS) is 2. The van der Waals surface area contributed by atoms with E-state index in [2.05, 4.69) is 20.8 Å². The zero-order valence-electron chi connectivity index (χ0n) is 11.8. The maximum Gasteiger partial charge on any atom is 0.305 e. The number of carbonyl (C=O) groups is 2. The maximum atomic E-state index is 10.3. The van der Waals surface area contributed by atoms with Gasteiger partial charge in [0, 0.05) is 6.42 Å². The van der Waals surface area contributed by atoms with Crippen LogP contribution in [0.2, 0.25) is 0 Å². The van der Waals surface area contributed by atoms with Crippen molar-refractivity contribution in [2.75, 3.05) is 0 Å². The number of rotatable bonds is 4. The lowest BCUT2D eigenvalue weighted by Gasteiger charge is -2.21. The quantitative estimate of drug-likeness (QED) is 0.798. The molecule has 0 amide bonds. The zero-order chi connectivity index (χ0) is 14.2. The molecule has 0 aromatic carbocycles. The Kier molecular flexibility index (Phi) is 8.72. The van der Waals surface area contributed by atoms with E-state index in [0.717, 1.165) is 6.42 Å². The molecule has 0 rings (SSSR count). The standard InChI is InChI=1S/C9H18O2.C4H8O2/c1-7(5-8(10)11)6-9(2,3)4;1-3(2)4(5)6/h7H,5-6H2,1-4H3,(H,10,11);3H,1-2H3,(H,5,6). The van der Waals surface area contributed by atoms with Gasteiger partial charge >= 0.3 is 11.9 Å². The molecule has 4 nitrogen and oxygen atoms in total. The van der Waals surface area contributed by atoms with E-state index in [0.29, 0.717) is 0 Å². The smallest absolute Gasteiger partial charge is 0.305 e. The van der Waals surface area contributed by atoms with E-state index in [4.69, 9.17) is 10.2 Å². The van der Waals surface area contributed by atoms with Gasteiger partial charge in [0.1, 0.15) is 0 Å². The van der Waals surface area contributed by atoms with Crippen LogP contribution in [0.25, 0.3) is 0 Å². The Bertz CT molecular complexity index is 238. The Hall–Kier alpha value is -1.06. The first-order chi connectivity index (χ1) is 7.45. The van der Waals surface area contributed by atoms with Crippen molar-refractivity contribution in [1.82, 2.24) is 0 Å². The minimum absolute atomic E-state index is 0.231. The van der Waals surface area contributed by atoms with Crippen LogP contribution in [-0.2, 0) is 9.59 Å². The van der Waals surface area contributed by atoms with E-state index in [1.165, 1.54) is 0 Å². The summed E-state index contributed by atoms with van der Waals surface area (Å²) < 4.78 is 0. The second-order valence-electron chi connectivity index (χ2n) is 5.96. The molecule has 0 radical (unpaired) electrons. The number of hydrogen-bond donors (Lipinski definition) is 2. The first kappa shape index (κ1) is 18.3. The van der Waals surface area contributed by atoms with Crippen LogP contribution in [0, 0.1) is 17.3 Å². The molecule has 2 N–H and O–H groups in total. The summed E-state index contributed by atoms with van der Waals surface area (Å²) in [5.41, 5.74) is 0.245. The van der Waals surface area contributed by atoms with Crippen molar-refractivity contribution in [2.45, 2.75) is 54.4 Å². The Morgan fingerprint density at radius 2 is 1.41 bits per heavy atom. The molecule has 0 aromatic heterocycles. The van der Waals surface area contributed by atoms with Crippen molar-refractivity contribution in [3.05, 3.63) is 0 Å². The van der Waals surface area contributed by atoms with E-state index >= 15 is 0 Å². The van der Waals surface area contributed by atoms with Crippen LogP contribution in [0.1, 0.15) is 54.4 Å². The SMILES string of the molecule is CC(C)C(=O)O.CC(CC(=O)O)CC(C)(C)C. The second-order valence-corrected chi connectivity index (χ2v) is 5.96. The van der Waals surface area contributed by atoms with Crippen LogP contribution < -0.4 is 0 Å². The predicted octanol–water partition coefficient (Wildman–Crippen LogP) is 3.26. The molecule has 0 aromatic rings. The fraction of sp³-hybridized carbons (Fsp3) is 0.846. The van der Waals surface area contributed by atoms with Crippen molar-refractivity contribution < 1.29 is 19.8 Å². The molecule has 0 aliphatic rings. The summed E-state index contributed by atoms with van der Waals surface area (Å²) in [6, 6.07) is 0. The lowest BCUT2D eigenvalue weighted by molar-refractivity contribution is -0.140. The summed E-state index contributed by atoms with van der Waals surface area (Å²) in [7, 11) is 0. The highest BCUT2D eigenvalue weighted by molar-refractivity contribution is 5.68. The van der Waals surface area contributed by atoms with Gasteiger partial charge in [-0.25, -0.2) is 0 Å². The highest BCUT2D eigenvalue weighted by atomic mass is 16.4. The van der Waals surface area contributed by atoms with Crippen LogP contribution in [-0.4, -0.2) is 22.2 Å². The van der Waals surface area contributed by atoms with Crippen LogP contribution in [0.15, 0.2) is 0 Å². The second kappa shape index (κ2) is 8.09. The molecular formula is C13H26O4. The monoisotopic (exact) mass is 246 g/mol. The van der Waals surface area contributed by atoms with Gasteiger partial charge in [0.25, 0.3) is 0 Å². The topological polar surface area (TPSA) is 74.6 Å². The van der Waals surface area contributed by atoms with Gasteiger partial charge in [-0.1, -0.05) is 41.5 Å². The maximum absolute atomic E-state index is 10.3. The molecule has 17 heavy (non-hydrogen) atoms. The highest BCUT2D eigenvalue weighted by Gasteiger charge is 2.16. The Balaban J connectivity index is 0. The largest absolute Gasteiger partial charge is 0.481 e. The number of carboxylic acids is 2. The van der Waals surface area contributed by atoms with E-state index < -0.39 is 11.9 Å². The van der Waals surface area contributed by atoms with Crippen molar-refractivity contribution >= 4 is 11.9 Å². The van der Waals surface area contributed by atoms with Crippen molar-refractivity contribution in [2.24, 2.45) is 17.3 Å². The van der Waals surface area contributed by atoms with Crippen LogP contribution in [0.3, 0.4) is 0 Å². The van der Waals surface area contributed by atoms with Crippen molar-refractivity contribution in [3.8, 4) is 0 Å². The molecule has 1 unspecified atom stereocenters. The van der Waals surface area contributed by atoms with Gasteiger partial charge in [0.15, 0.2) is 0 Å². The number of aliphatic carboxylic acids is 2. The van der Waals surface area contributed by atoms with Gasteiger partial charge in [-0.05, 0) is 17.8 Å². The number of hydrogen-bond acceptors (Lipinski definition) is 2. The third-order valence-corrected chi connectivity index (χ3v) is 1.98. The summed E-state index contributed by atoms with van der Waals surface area (Å²) in [6.45, 7) is 11.7. The first-order valence-electron chi connectivity index (χ1n) is 5.90. The van der Waals surface area contributed by atoms with Gasteiger partial charge in [-0.2, -0.15) is 0 Å². The Labute approximate surface area is 104 Å². The molecule has 0 heterocycles.